The number of alkyl halides is 3. The van der Waals surface area contributed by atoms with Gasteiger partial charge in [0.1, 0.15) is 5.82 Å². The molecule has 0 radical (unpaired) electrons. The zero-order valence-corrected chi connectivity index (χ0v) is 11.9. The van der Waals surface area contributed by atoms with Gasteiger partial charge >= 0.3 is 6.18 Å². The van der Waals surface area contributed by atoms with Gasteiger partial charge in [0, 0.05) is 45.4 Å². The fourth-order valence-corrected chi connectivity index (χ4v) is 1.85. The molecular formula is C12H19F3N4O2. The lowest BCUT2D eigenvalue weighted by atomic mass is 9.97. The Morgan fingerprint density at radius 2 is 2.10 bits per heavy atom. The van der Waals surface area contributed by atoms with Gasteiger partial charge in [0.2, 0.25) is 11.5 Å². The van der Waals surface area contributed by atoms with Crippen molar-refractivity contribution in [2.75, 3.05) is 20.1 Å². The van der Waals surface area contributed by atoms with Gasteiger partial charge in [-0.05, 0) is 7.05 Å². The summed E-state index contributed by atoms with van der Waals surface area (Å²) in [4.78, 5) is 14.9. The molecule has 1 aromatic heterocycles. The third kappa shape index (κ3) is 4.18. The van der Waals surface area contributed by atoms with Crippen molar-refractivity contribution in [3.05, 3.63) is 18.2 Å². The lowest BCUT2D eigenvalue weighted by molar-refractivity contribution is -0.272. The molecule has 1 heterocycles. The van der Waals surface area contributed by atoms with Crippen molar-refractivity contribution in [1.29, 1.82) is 0 Å². The van der Waals surface area contributed by atoms with E-state index in [0.29, 0.717) is 6.54 Å². The molecule has 21 heavy (non-hydrogen) atoms. The van der Waals surface area contributed by atoms with Crippen LogP contribution in [0.3, 0.4) is 0 Å². The second-order valence-corrected chi connectivity index (χ2v) is 4.67. The first-order chi connectivity index (χ1) is 9.72. The van der Waals surface area contributed by atoms with Gasteiger partial charge < -0.3 is 20.3 Å². The highest BCUT2D eigenvalue weighted by Gasteiger charge is 2.57. The molecule has 1 aromatic rings. The number of carbonyl (C=O) groups is 1. The van der Waals surface area contributed by atoms with E-state index in [1.54, 1.807) is 7.05 Å². The summed E-state index contributed by atoms with van der Waals surface area (Å²) < 4.78 is 40.6. The van der Waals surface area contributed by atoms with Crippen LogP contribution in [0.1, 0.15) is 18.7 Å². The van der Waals surface area contributed by atoms with Crippen molar-refractivity contribution < 1.29 is 23.1 Å². The van der Waals surface area contributed by atoms with E-state index in [0.717, 1.165) is 4.57 Å². The summed E-state index contributed by atoms with van der Waals surface area (Å²) in [6, 6.07) is 0. The third-order valence-corrected chi connectivity index (χ3v) is 3.07. The van der Waals surface area contributed by atoms with Crippen molar-refractivity contribution >= 4 is 5.91 Å². The monoisotopic (exact) mass is 308 g/mol. The molecule has 0 aliphatic carbocycles. The lowest BCUT2D eigenvalue weighted by Crippen LogP contribution is -2.46. The van der Waals surface area contributed by atoms with Crippen LogP contribution in [-0.2, 0) is 17.4 Å². The van der Waals surface area contributed by atoms with Gasteiger partial charge in [-0.1, -0.05) is 0 Å². The number of nitrogens with zero attached hydrogens (tertiary/aromatic N) is 2. The first kappa shape index (κ1) is 17.4. The van der Waals surface area contributed by atoms with E-state index in [4.69, 9.17) is 0 Å². The first-order valence-corrected chi connectivity index (χ1v) is 6.40. The van der Waals surface area contributed by atoms with Crippen molar-refractivity contribution in [3.8, 4) is 0 Å². The van der Waals surface area contributed by atoms with Gasteiger partial charge in [0.05, 0.1) is 0 Å². The maximum atomic E-state index is 13.1. The van der Waals surface area contributed by atoms with E-state index in [2.05, 4.69) is 15.6 Å². The van der Waals surface area contributed by atoms with Crippen LogP contribution >= 0.6 is 0 Å². The van der Waals surface area contributed by atoms with Crippen LogP contribution in [0.2, 0.25) is 0 Å². The van der Waals surface area contributed by atoms with E-state index in [9.17, 15) is 23.1 Å². The van der Waals surface area contributed by atoms with Crippen LogP contribution in [0.4, 0.5) is 13.2 Å². The van der Waals surface area contributed by atoms with E-state index >= 15 is 0 Å². The maximum absolute atomic E-state index is 13.1. The summed E-state index contributed by atoms with van der Waals surface area (Å²) in [7, 11) is 3.03. The molecule has 1 unspecified atom stereocenters. The van der Waals surface area contributed by atoms with Gasteiger partial charge in [-0.15, -0.1) is 0 Å². The highest BCUT2D eigenvalue weighted by Crippen LogP contribution is 2.40. The first-order valence-electron chi connectivity index (χ1n) is 6.40. The van der Waals surface area contributed by atoms with Crippen LogP contribution in [0, 0.1) is 0 Å². The van der Waals surface area contributed by atoms with Gasteiger partial charge in [0.15, 0.2) is 0 Å². The molecule has 0 saturated heterocycles. The average molecular weight is 308 g/mol. The van der Waals surface area contributed by atoms with Crippen molar-refractivity contribution in [1.82, 2.24) is 20.2 Å². The second-order valence-electron chi connectivity index (χ2n) is 4.67. The molecule has 0 aliphatic heterocycles. The normalized spacial score (nSPS) is 14.8. The number of aromatic nitrogens is 2. The van der Waals surface area contributed by atoms with Crippen molar-refractivity contribution in [2.45, 2.75) is 24.6 Å². The number of nitrogens with one attached hydrogen (secondary N) is 2. The van der Waals surface area contributed by atoms with Crippen LogP contribution in [0.5, 0.6) is 0 Å². The number of amides is 1. The average Bonchev–Trinajstić information content (AvgIpc) is 2.81. The van der Waals surface area contributed by atoms with Gasteiger partial charge in [-0.3, -0.25) is 4.79 Å². The van der Waals surface area contributed by atoms with Gasteiger partial charge in [-0.2, -0.15) is 13.2 Å². The van der Waals surface area contributed by atoms with E-state index in [1.165, 1.54) is 19.4 Å². The molecular weight excluding hydrogens is 289 g/mol. The summed E-state index contributed by atoms with van der Waals surface area (Å²) in [5, 5.41) is 15.1. The predicted octanol–water partition coefficient (Wildman–Crippen LogP) is 0.286. The summed E-state index contributed by atoms with van der Waals surface area (Å²) in [6.45, 7) is 0.125. The quantitative estimate of drug-likeness (QED) is 0.676. The molecule has 3 N–H and O–H groups in total. The minimum absolute atomic E-state index is 0.156. The summed E-state index contributed by atoms with van der Waals surface area (Å²) >= 11 is 0. The molecule has 0 bridgehead atoms. The van der Waals surface area contributed by atoms with Crippen LogP contribution < -0.4 is 10.6 Å². The molecule has 0 fully saturated rings. The summed E-state index contributed by atoms with van der Waals surface area (Å²) in [5.74, 6) is -0.881. The molecule has 0 aromatic carbocycles. The van der Waals surface area contributed by atoms with Gasteiger partial charge in [0.25, 0.3) is 0 Å². The van der Waals surface area contributed by atoms with Crippen molar-refractivity contribution in [2.24, 2.45) is 7.05 Å². The Labute approximate surface area is 120 Å². The van der Waals surface area contributed by atoms with E-state index in [-0.39, 0.29) is 18.9 Å². The third-order valence-electron chi connectivity index (χ3n) is 3.07. The highest BCUT2D eigenvalue weighted by atomic mass is 19.4. The molecule has 120 valence electrons. The van der Waals surface area contributed by atoms with Gasteiger partial charge in [-0.25, -0.2) is 4.98 Å². The number of hydrogen-bond donors (Lipinski definition) is 3. The second kappa shape index (κ2) is 6.90. The van der Waals surface area contributed by atoms with Crippen LogP contribution in [-0.4, -0.2) is 46.9 Å². The molecule has 0 aliphatic rings. The molecule has 6 nitrogen and oxygen atoms in total. The summed E-state index contributed by atoms with van der Waals surface area (Å²) in [6.07, 6.45) is -2.94. The fourth-order valence-electron chi connectivity index (χ4n) is 1.85. The maximum Gasteiger partial charge on any atom is 0.424 e. The Morgan fingerprint density at radius 3 is 2.57 bits per heavy atom. The Kier molecular flexibility index (Phi) is 5.73. The molecule has 9 heteroatoms. The number of aryl methyl sites for hydroxylation is 1. The van der Waals surface area contributed by atoms with Crippen LogP contribution in [0.25, 0.3) is 0 Å². The Balaban J connectivity index is 2.73. The Hall–Kier alpha value is -1.61. The summed E-state index contributed by atoms with van der Waals surface area (Å²) in [5.41, 5.74) is -3.10. The number of carbonyl (C=O) groups excluding carboxylic acids is 1. The number of rotatable bonds is 7. The topological polar surface area (TPSA) is 79.2 Å². The number of halogens is 3. The highest BCUT2D eigenvalue weighted by molar-refractivity contribution is 5.76. The molecule has 1 rings (SSSR count). The number of hydrogen-bond acceptors (Lipinski definition) is 4. The zero-order valence-electron chi connectivity index (χ0n) is 11.9. The van der Waals surface area contributed by atoms with E-state index < -0.39 is 24.0 Å². The zero-order chi connectivity index (χ0) is 16.1. The lowest BCUT2D eigenvalue weighted by Gasteiger charge is -2.29. The number of aliphatic hydroxyl groups is 1. The molecule has 0 spiro atoms. The van der Waals surface area contributed by atoms with Crippen molar-refractivity contribution in [3.63, 3.8) is 0 Å². The molecule has 1 atom stereocenters. The minimum Gasteiger partial charge on any atom is -0.374 e. The van der Waals surface area contributed by atoms with E-state index in [1.807, 2.05) is 0 Å². The largest absolute Gasteiger partial charge is 0.424 e. The molecule has 0 saturated carbocycles. The minimum atomic E-state index is -4.89. The number of imidazole rings is 1. The predicted molar refractivity (Wildman–Crippen MR) is 69.3 cm³/mol. The standard InChI is InChI=1S/C12H19F3N4O2/c1-16-5-3-9(20)17-6-4-11(21,12(13,14)15)10-18-7-8-19(10)2/h7-8,16,21H,3-6H2,1-2H3,(H,17,20). The SMILES string of the molecule is CNCCC(=O)NCCC(O)(c1nccn1C)C(F)(F)F. The Bertz CT molecular complexity index is 475. The smallest absolute Gasteiger partial charge is 0.374 e. The molecule has 1 amide bonds. The van der Waals surface area contributed by atoms with Crippen LogP contribution in [0.15, 0.2) is 12.4 Å². The fraction of sp³-hybridized carbons (Fsp3) is 0.667. The Morgan fingerprint density at radius 1 is 1.43 bits per heavy atom.